The fourth-order valence-corrected chi connectivity index (χ4v) is 3.70. The molecule has 3 amide bonds. The van der Waals surface area contributed by atoms with E-state index in [1.165, 1.54) is 11.8 Å². The Morgan fingerprint density at radius 2 is 1.93 bits per heavy atom. The summed E-state index contributed by atoms with van der Waals surface area (Å²) >= 11 is 1.29. The zero-order chi connectivity index (χ0) is 20.7. The summed E-state index contributed by atoms with van der Waals surface area (Å²) in [5.41, 5.74) is 6.02. The number of amides is 3. The summed E-state index contributed by atoms with van der Waals surface area (Å²) in [6.45, 7) is 6.67. The standard InChI is InChI=1S/C19H27N5O3S/c1-5-6-11-24-16(13-7-9-14(27-4)10-8-13)22-23-19(24)28-15(12(2)3)17(25)21-18(20)26/h7-10,12,15H,5-6,11H2,1-4H3,(H3,20,21,25,26)/t15-/m1/s1. The molecular formula is C19H27N5O3S. The molecule has 2 aromatic rings. The normalized spacial score (nSPS) is 12.0. The predicted octanol–water partition coefficient (Wildman–Crippen LogP) is 3.07. The average Bonchev–Trinajstić information content (AvgIpc) is 3.06. The van der Waals surface area contributed by atoms with Crippen molar-refractivity contribution in [2.75, 3.05) is 7.11 Å². The predicted molar refractivity (Wildman–Crippen MR) is 109 cm³/mol. The summed E-state index contributed by atoms with van der Waals surface area (Å²) < 4.78 is 7.23. The minimum Gasteiger partial charge on any atom is -0.497 e. The van der Waals surface area contributed by atoms with Crippen LogP contribution in [0.3, 0.4) is 0 Å². The van der Waals surface area contributed by atoms with Gasteiger partial charge in [-0.25, -0.2) is 4.79 Å². The third-order valence-corrected chi connectivity index (χ3v) is 5.67. The number of primary amides is 1. The fourth-order valence-electron chi connectivity index (χ4n) is 2.65. The lowest BCUT2D eigenvalue weighted by Crippen LogP contribution is -2.42. The van der Waals surface area contributed by atoms with Crippen molar-refractivity contribution < 1.29 is 14.3 Å². The van der Waals surface area contributed by atoms with E-state index in [1.807, 2.05) is 42.7 Å². The smallest absolute Gasteiger partial charge is 0.318 e. The number of methoxy groups -OCH3 is 1. The summed E-state index contributed by atoms with van der Waals surface area (Å²) in [4.78, 5) is 23.4. The number of unbranched alkanes of at least 4 members (excludes halogenated alkanes) is 1. The van der Waals surface area contributed by atoms with Crippen molar-refractivity contribution in [1.29, 1.82) is 0 Å². The van der Waals surface area contributed by atoms with Gasteiger partial charge in [0.05, 0.1) is 12.4 Å². The molecule has 0 aliphatic rings. The van der Waals surface area contributed by atoms with Gasteiger partial charge in [-0.05, 0) is 36.6 Å². The molecule has 1 atom stereocenters. The maximum atomic E-state index is 12.4. The third-order valence-electron chi connectivity index (χ3n) is 4.14. The molecule has 0 bridgehead atoms. The van der Waals surface area contributed by atoms with Gasteiger partial charge in [-0.2, -0.15) is 0 Å². The molecule has 0 radical (unpaired) electrons. The SMILES string of the molecule is CCCCn1c(S[C@@H](C(=O)NC(N)=O)C(C)C)nnc1-c1ccc(OC)cc1. The van der Waals surface area contributed by atoms with Crippen LogP contribution < -0.4 is 15.8 Å². The summed E-state index contributed by atoms with van der Waals surface area (Å²) in [6, 6.07) is 6.75. The monoisotopic (exact) mass is 405 g/mol. The first-order valence-corrected chi connectivity index (χ1v) is 10.1. The van der Waals surface area contributed by atoms with E-state index >= 15 is 0 Å². The molecule has 0 unspecified atom stereocenters. The second-order valence-corrected chi connectivity index (χ2v) is 7.78. The summed E-state index contributed by atoms with van der Waals surface area (Å²) in [5.74, 6) is 1.05. The molecular weight excluding hydrogens is 378 g/mol. The Balaban J connectivity index is 2.35. The van der Waals surface area contributed by atoms with Crippen LogP contribution in [0.15, 0.2) is 29.4 Å². The van der Waals surface area contributed by atoms with E-state index in [4.69, 9.17) is 10.5 Å². The summed E-state index contributed by atoms with van der Waals surface area (Å²) in [5, 5.41) is 11.0. The van der Waals surface area contributed by atoms with Crippen LogP contribution in [-0.4, -0.2) is 39.1 Å². The van der Waals surface area contributed by atoms with Crippen LogP contribution in [0, 0.1) is 5.92 Å². The van der Waals surface area contributed by atoms with Gasteiger partial charge in [0, 0.05) is 12.1 Å². The Morgan fingerprint density at radius 3 is 2.46 bits per heavy atom. The third kappa shape index (κ3) is 5.48. The first-order valence-electron chi connectivity index (χ1n) is 9.21. The molecule has 9 heteroatoms. The van der Waals surface area contributed by atoms with Gasteiger partial charge in [0.1, 0.15) is 5.75 Å². The van der Waals surface area contributed by atoms with Crippen molar-refractivity contribution >= 4 is 23.7 Å². The number of aromatic nitrogens is 3. The number of nitrogens with zero attached hydrogens (tertiary/aromatic N) is 3. The van der Waals surface area contributed by atoms with Crippen LogP contribution in [0.5, 0.6) is 5.75 Å². The van der Waals surface area contributed by atoms with E-state index in [1.54, 1.807) is 7.11 Å². The molecule has 0 saturated heterocycles. The van der Waals surface area contributed by atoms with Gasteiger partial charge in [0.2, 0.25) is 5.91 Å². The maximum absolute atomic E-state index is 12.4. The van der Waals surface area contributed by atoms with Crippen molar-refractivity contribution in [1.82, 2.24) is 20.1 Å². The summed E-state index contributed by atoms with van der Waals surface area (Å²) in [7, 11) is 1.62. The van der Waals surface area contributed by atoms with Gasteiger partial charge in [-0.15, -0.1) is 10.2 Å². The average molecular weight is 406 g/mol. The highest BCUT2D eigenvalue weighted by molar-refractivity contribution is 8.00. The minimum atomic E-state index is -0.859. The van der Waals surface area contributed by atoms with E-state index in [-0.39, 0.29) is 5.92 Å². The molecule has 0 aliphatic heterocycles. The van der Waals surface area contributed by atoms with Gasteiger partial charge in [0.25, 0.3) is 0 Å². The molecule has 3 N–H and O–H groups in total. The van der Waals surface area contributed by atoms with Gasteiger partial charge < -0.3 is 15.0 Å². The Labute approximate surface area is 169 Å². The Morgan fingerprint density at radius 1 is 1.25 bits per heavy atom. The van der Waals surface area contributed by atoms with Crippen molar-refractivity contribution in [3.05, 3.63) is 24.3 Å². The van der Waals surface area contributed by atoms with Gasteiger partial charge in [-0.1, -0.05) is 39.0 Å². The van der Waals surface area contributed by atoms with E-state index in [0.717, 1.165) is 36.5 Å². The number of ether oxygens (including phenoxy) is 1. The van der Waals surface area contributed by atoms with E-state index in [0.29, 0.717) is 5.16 Å². The number of nitrogens with one attached hydrogen (secondary N) is 1. The zero-order valence-electron chi connectivity index (χ0n) is 16.6. The van der Waals surface area contributed by atoms with Crippen molar-refractivity contribution in [3.8, 4) is 17.1 Å². The number of thioether (sulfide) groups is 1. The second kappa shape index (κ2) is 10.1. The lowest BCUT2D eigenvalue weighted by molar-refractivity contribution is -0.120. The van der Waals surface area contributed by atoms with Crippen molar-refractivity contribution in [2.45, 2.75) is 50.6 Å². The van der Waals surface area contributed by atoms with Crippen LogP contribution >= 0.6 is 11.8 Å². The molecule has 2 rings (SSSR count). The van der Waals surface area contributed by atoms with Gasteiger partial charge in [0.15, 0.2) is 11.0 Å². The van der Waals surface area contributed by atoms with Crippen molar-refractivity contribution in [2.24, 2.45) is 11.7 Å². The molecule has 28 heavy (non-hydrogen) atoms. The topological polar surface area (TPSA) is 112 Å². The highest BCUT2D eigenvalue weighted by Gasteiger charge is 2.27. The van der Waals surface area contributed by atoms with Crippen molar-refractivity contribution in [3.63, 3.8) is 0 Å². The van der Waals surface area contributed by atoms with Crippen LogP contribution in [0.1, 0.15) is 33.6 Å². The number of carbonyl (C=O) groups excluding carboxylic acids is 2. The first kappa shape index (κ1) is 21.7. The van der Waals surface area contributed by atoms with Crippen LogP contribution in [0.2, 0.25) is 0 Å². The molecule has 0 saturated carbocycles. The number of urea groups is 1. The highest BCUT2D eigenvalue weighted by Crippen LogP contribution is 2.31. The molecule has 1 heterocycles. The molecule has 0 spiro atoms. The van der Waals surface area contributed by atoms with E-state index < -0.39 is 17.2 Å². The molecule has 1 aromatic carbocycles. The Bertz CT molecular complexity index is 804. The maximum Gasteiger partial charge on any atom is 0.318 e. The van der Waals surface area contributed by atoms with Crippen LogP contribution in [0.25, 0.3) is 11.4 Å². The molecule has 1 aromatic heterocycles. The fraction of sp³-hybridized carbons (Fsp3) is 0.474. The number of nitrogens with two attached hydrogens (primary N) is 1. The number of imide groups is 1. The number of carbonyl (C=O) groups is 2. The molecule has 152 valence electrons. The lowest BCUT2D eigenvalue weighted by Gasteiger charge is -2.19. The molecule has 0 aliphatic carbocycles. The van der Waals surface area contributed by atoms with E-state index in [2.05, 4.69) is 22.4 Å². The second-order valence-electron chi connectivity index (χ2n) is 6.68. The summed E-state index contributed by atoms with van der Waals surface area (Å²) in [6.07, 6.45) is 1.97. The van der Waals surface area contributed by atoms with Crippen LogP contribution in [-0.2, 0) is 11.3 Å². The number of hydrogen-bond acceptors (Lipinski definition) is 6. The number of benzene rings is 1. The number of hydrogen-bond donors (Lipinski definition) is 2. The highest BCUT2D eigenvalue weighted by atomic mass is 32.2. The largest absolute Gasteiger partial charge is 0.497 e. The van der Waals surface area contributed by atoms with Gasteiger partial charge >= 0.3 is 6.03 Å². The lowest BCUT2D eigenvalue weighted by atomic mass is 10.1. The first-order chi connectivity index (χ1) is 13.4. The molecule has 8 nitrogen and oxygen atoms in total. The van der Waals surface area contributed by atoms with Gasteiger partial charge in [-0.3, -0.25) is 10.1 Å². The quantitative estimate of drug-likeness (QED) is 0.620. The molecule has 0 fully saturated rings. The number of rotatable bonds is 9. The van der Waals surface area contributed by atoms with Crippen LogP contribution in [0.4, 0.5) is 4.79 Å². The Kier molecular flexibility index (Phi) is 7.86. The van der Waals surface area contributed by atoms with E-state index in [9.17, 15) is 9.59 Å². The minimum absolute atomic E-state index is 0.0230. The Hall–Kier alpha value is -2.55. The zero-order valence-corrected chi connectivity index (χ0v) is 17.5.